The zero-order chi connectivity index (χ0) is 20.8. The van der Waals surface area contributed by atoms with Gasteiger partial charge in [0.25, 0.3) is 0 Å². The molecule has 1 aromatic carbocycles. The Morgan fingerprint density at radius 3 is 2.90 bits per heavy atom. The van der Waals surface area contributed by atoms with Crippen LogP contribution < -0.4 is 15.9 Å². The van der Waals surface area contributed by atoms with Crippen LogP contribution in [0.4, 0.5) is 14.6 Å². The number of benzene rings is 1. The first-order valence-electron chi connectivity index (χ1n) is 8.42. The van der Waals surface area contributed by atoms with Gasteiger partial charge in [0.2, 0.25) is 0 Å². The van der Waals surface area contributed by atoms with Gasteiger partial charge in [0.1, 0.15) is 11.6 Å². The van der Waals surface area contributed by atoms with E-state index in [1.54, 1.807) is 18.2 Å². The Bertz CT molecular complexity index is 1030. The molecule has 29 heavy (non-hydrogen) atoms. The molecule has 0 radical (unpaired) electrons. The zero-order valence-electron chi connectivity index (χ0n) is 14.7. The first-order valence-corrected chi connectivity index (χ1v) is 9.88. The van der Waals surface area contributed by atoms with Crippen molar-refractivity contribution in [1.82, 2.24) is 9.55 Å². The summed E-state index contributed by atoms with van der Waals surface area (Å²) in [7, 11) is -4.17. The van der Waals surface area contributed by atoms with Crippen LogP contribution in [0.3, 0.4) is 0 Å². The number of aliphatic hydroxyl groups excluding tert-OH is 1. The second kappa shape index (κ2) is 7.15. The van der Waals surface area contributed by atoms with Gasteiger partial charge < -0.3 is 20.1 Å². The lowest BCUT2D eigenvalue weighted by molar-refractivity contribution is -0.122. The molecule has 2 aliphatic heterocycles. The molecular weight excluding hydrogens is 415 g/mol. The Morgan fingerprint density at radius 2 is 2.14 bits per heavy atom. The molecule has 2 aliphatic rings. The average Bonchev–Trinajstić information content (AvgIpc) is 2.90. The predicted molar refractivity (Wildman–Crippen MR) is 93.2 cm³/mol. The van der Waals surface area contributed by atoms with Gasteiger partial charge in [-0.2, -0.15) is 4.98 Å². The van der Waals surface area contributed by atoms with E-state index >= 15 is 0 Å². The van der Waals surface area contributed by atoms with Crippen molar-refractivity contribution >= 4 is 13.6 Å². The summed E-state index contributed by atoms with van der Waals surface area (Å²) in [6.07, 6.45) is -5.07. The van der Waals surface area contributed by atoms with Crippen LogP contribution in [0, 0.1) is 0 Å². The fourth-order valence-electron chi connectivity index (χ4n) is 2.93. The molecule has 0 aliphatic carbocycles. The van der Waals surface area contributed by atoms with Gasteiger partial charge in [-0.1, -0.05) is 18.2 Å². The molecular formula is C16H16F2N3O7P. The van der Waals surface area contributed by atoms with E-state index in [1.165, 1.54) is 12.1 Å². The molecule has 2 aromatic rings. The number of nitrogens with two attached hydrogens (primary N) is 1. The molecule has 3 N–H and O–H groups in total. The molecule has 1 saturated heterocycles. The van der Waals surface area contributed by atoms with Crippen molar-refractivity contribution in [2.45, 2.75) is 31.0 Å². The highest BCUT2D eigenvalue weighted by Gasteiger charge is 2.60. The molecule has 0 spiro atoms. The first kappa shape index (κ1) is 19.9. The fraction of sp³-hybridized carbons (Fsp3) is 0.375. The van der Waals surface area contributed by atoms with Crippen molar-refractivity contribution in [3.05, 3.63) is 52.6 Å². The summed E-state index contributed by atoms with van der Waals surface area (Å²) < 4.78 is 62.6. The van der Waals surface area contributed by atoms with Crippen molar-refractivity contribution in [3.8, 4) is 5.75 Å². The molecule has 1 fully saturated rings. The second-order valence-corrected chi connectivity index (χ2v) is 7.99. The van der Waals surface area contributed by atoms with Crippen LogP contribution >= 0.6 is 7.82 Å². The second-order valence-electron chi connectivity index (χ2n) is 6.39. The molecule has 1 aromatic heterocycles. The summed E-state index contributed by atoms with van der Waals surface area (Å²) in [6, 6.07) is 7.78. The lowest BCUT2D eigenvalue weighted by atomic mass is 10.1. The van der Waals surface area contributed by atoms with E-state index in [0.29, 0.717) is 10.1 Å². The van der Waals surface area contributed by atoms with E-state index in [-0.39, 0.29) is 18.2 Å². The molecule has 0 saturated carbocycles. The summed E-state index contributed by atoms with van der Waals surface area (Å²) in [5, 5.41) is 9.98. The van der Waals surface area contributed by atoms with E-state index < -0.39 is 44.5 Å². The molecule has 156 valence electrons. The van der Waals surface area contributed by atoms with Crippen molar-refractivity contribution in [2.75, 3.05) is 12.3 Å². The number of anilines is 1. The Kier molecular flexibility index (Phi) is 4.91. The lowest BCUT2D eigenvalue weighted by Gasteiger charge is -2.26. The van der Waals surface area contributed by atoms with Crippen molar-refractivity contribution in [2.24, 2.45) is 0 Å². The summed E-state index contributed by atoms with van der Waals surface area (Å²) in [5.41, 5.74) is 5.01. The Balaban J connectivity index is 1.49. The monoisotopic (exact) mass is 431 g/mol. The maximum atomic E-state index is 14.5. The van der Waals surface area contributed by atoms with Crippen molar-refractivity contribution in [3.63, 3.8) is 0 Å². The Labute approximate surface area is 162 Å². The minimum Gasteiger partial charge on any atom is -0.404 e. The number of halogens is 2. The highest BCUT2D eigenvalue weighted by Crippen LogP contribution is 2.55. The molecule has 4 atom stereocenters. The number of ether oxygens (including phenoxy) is 1. The average molecular weight is 431 g/mol. The minimum absolute atomic E-state index is 0.0902. The summed E-state index contributed by atoms with van der Waals surface area (Å²) >= 11 is 0. The van der Waals surface area contributed by atoms with Crippen LogP contribution in [0.15, 0.2) is 41.3 Å². The van der Waals surface area contributed by atoms with Gasteiger partial charge >= 0.3 is 19.4 Å². The van der Waals surface area contributed by atoms with E-state index in [4.69, 9.17) is 24.0 Å². The maximum absolute atomic E-state index is 14.5. The number of rotatable bonds is 4. The SMILES string of the molecule is Nc1ccn([C@@H]2O[C@H](COP3(=O)OCc4ccccc4O3)C(F)(F)[C@H]2O)c(=O)n1. The topological polar surface area (TPSA) is 135 Å². The third kappa shape index (κ3) is 3.65. The van der Waals surface area contributed by atoms with E-state index in [1.807, 2.05) is 0 Å². The number of hydrogen-bond donors (Lipinski definition) is 2. The van der Waals surface area contributed by atoms with Crippen molar-refractivity contribution < 1.29 is 36.8 Å². The molecule has 10 nitrogen and oxygen atoms in total. The number of aliphatic hydroxyl groups is 1. The minimum atomic E-state index is -4.17. The third-order valence-electron chi connectivity index (χ3n) is 4.47. The molecule has 0 amide bonds. The summed E-state index contributed by atoms with van der Waals surface area (Å²) in [6.45, 7) is -1.01. The first-order chi connectivity index (χ1) is 13.7. The van der Waals surface area contributed by atoms with E-state index in [9.17, 15) is 23.2 Å². The number of nitrogen functional groups attached to an aromatic ring is 1. The predicted octanol–water partition coefficient (Wildman–Crippen LogP) is 1.45. The Morgan fingerprint density at radius 1 is 1.38 bits per heavy atom. The Hall–Kier alpha value is -2.37. The van der Waals surface area contributed by atoms with Gasteiger partial charge in [0.05, 0.1) is 13.2 Å². The number of nitrogens with zero attached hydrogens (tertiary/aromatic N) is 2. The highest BCUT2D eigenvalue weighted by atomic mass is 31.2. The number of alkyl halides is 2. The van der Waals surface area contributed by atoms with Gasteiger partial charge in [0.15, 0.2) is 18.4 Å². The van der Waals surface area contributed by atoms with E-state index in [2.05, 4.69) is 4.98 Å². The molecule has 13 heteroatoms. The van der Waals surface area contributed by atoms with Gasteiger partial charge in [-0.05, 0) is 12.1 Å². The number of phosphoric ester groups is 1. The van der Waals surface area contributed by atoms with Crippen LogP contribution in [0.25, 0.3) is 0 Å². The van der Waals surface area contributed by atoms with Gasteiger partial charge in [-0.3, -0.25) is 13.6 Å². The number of hydrogen-bond acceptors (Lipinski definition) is 9. The summed E-state index contributed by atoms with van der Waals surface area (Å²) in [4.78, 5) is 15.3. The van der Waals surface area contributed by atoms with Crippen LogP contribution in [-0.2, 0) is 25.0 Å². The number of fused-ring (bicyclic) bond motifs is 1. The summed E-state index contributed by atoms with van der Waals surface area (Å²) in [5.74, 6) is -3.69. The standard InChI is InChI=1S/C16H16F2N3O7P/c17-16(18)11(27-14(13(16)22)21-6-5-12(19)20-15(21)23)8-26-29(24)25-7-9-3-1-2-4-10(9)28-29/h1-6,11,13-14,22H,7-8H2,(H2,19,20,23)/t11-,13+,14-,29?/m1/s1. The number of phosphoric acid groups is 1. The van der Waals surface area contributed by atoms with Crippen LogP contribution in [0.5, 0.6) is 5.75 Å². The molecule has 0 bridgehead atoms. The molecule has 3 heterocycles. The van der Waals surface area contributed by atoms with Crippen molar-refractivity contribution in [1.29, 1.82) is 0 Å². The molecule has 1 unspecified atom stereocenters. The zero-order valence-corrected chi connectivity index (χ0v) is 15.6. The molecule has 4 rings (SSSR count). The fourth-order valence-corrected chi connectivity index (χ4v) is 4.15. The lowest BCUT2D eigenvalue weighted by Crippen LogP contribution is -2.42. The quantitative estimate of drug-likeness (QED) is 0.690. The number of aromatic nitrogens is 2. The van der Waals surface area contributed by atoms with Crippen LogP contribution in [0.2, 0.25) is 0 Å². The normalized spacial score (nSPS) is 30.5. The van der Waals surface area contributed by atoms with Gasteiger partial charge in [-0.25, -0.2) is 18.1 Å². The highest BCUT2D eigenvalue weighted by molar-refractivity contribution is 7.49. The maximum Gasteiger partial charge on any atom is 0.530 e. The van der Waals surface area contributed by atoms with Crippen LogP contribution in [0.1, 0.15) is 11.8 Å². The largest absolute Gasteiger partial charge is 0.530 e. The smallest absolute Gasteiger partial charge is 0.404 e. The van der Waals surface area contributed by atoms with E-state index in [0.717, 1.165) is 6.20 Å². The van der Waals surface area contributed by atoms with Gasteiger partial charge in [-0.15, -0.1) is 0 Å². The number of para-hydroxylation sites is 1. The van der Waals surface area contributed by atoms with Crippen LogP contribution in [-0.4, -0.2) is 39.4 Å². The van der Waals surface area contributed by atoms with Gasteiger partial charge in [0, 0.05) is 11.8 Å². The third-order valence-corrected chi connectivity index (χ3v) is 5.80.